The van der Waals surface area contributed by atoms with Gasteiger partial charge in [0.25, 0.3) is 0 Å². The lowest BCUT2D eigenvalue weighted by Gasteiger charge is -2.08. The van der Waals surface area contributed by atoms with Crippen LogP contribution in [0.25, 0.3) is 11.5 Å². The molecule has 0 fully saturated rings. The number of aromatic nitrogens is 2. The first-order valence-corrected chi connectivity index (χ1v) is 9.12. The van der Waals surface area contributed by atoms with Crippen molar-refractivity contribution in [2.75, 3.05) is 10.5 Å². The first-order chi connectivity index (χ1) is 11.5. The monoisotopic (exact) mass is 343 g/mol. The minimum Gasteiger partial charge on any atom is -0.421 e. The fourth-order valence-corrected chi connectivity index (χ4v) is 3.32. The van der Waals surface area contributed by atoms with Gasteiger partial charge in [0.2, 0.25) is 21.8 Å². The topological polar surface area (TPSA) is 85.1 Å². The molecule has 24 heavy (non-hydrogen) atoms. The van der Waals surface area contributed by atoms with Crippen molar-refractivity contribution in [3.63, 3.8) is 0 Å². The van der Waals surface area contributed by atoms with E-state index in [2.05, 4.69) is 14.9 Å². The van der Waals surface area contributed by atoms with Crippen molar-refractivity contribution >= 4 is 15.7 Å². The molecule has 1 heterocycles. The Hall–Kier alpha value is -2.67. The Kier molecular flexibility index (Phi) is 4.61. The van der Waals surface area contributed by atoms with E-state index in [0.717, 1.165) is 11.1 Å². The highest BCUT2D eigenvalue weighted by atomic mass is 32.2. The van der Waals surface area contributed by atoms with E-state index >= 15 is 0 Å². The zero-order valence-corrected chi connectivity index (χ0v) is 14.0. The van der Waals surface area contributed by atoms with Crippen molar-refractivity contribution < 1.29 is 12.8 Å². The highest BCUT2D eigenvalue weighted by Gasteiger charge is 2.11. The third-order valence-corrected chi connectivity index (χ3v) is 4.72. The van der Waals surface area contributed by atoms with Crippen molar-refractivity contribution in [2.45, 2.75) is 13.3 Å². The summed E-state index contributed by atoms with van der Waals surface area (Å²) < 4.78 is 32.3. The number of anilines is 1. The Labute approximate surface area is 140 Å². The largest absolute Gasteiger partial charge is 0.421 e. The van der Waals surface area contributed by atoms with Crippen LogP contribution in [-0.4, -0.2) is 24.4 Å². The lowest BCUT2D eigenvalue weighted by molar-refractivity contribution is 0.533. The summed E-state index contributed by atoms with van der Waals surface area (Å²) in [6.07, 6.45) is 0.468. The molecular weight excluding hydrogens is 326 g/mol. The quantitative estimate of drug-likeness (QED) is 0.743. The smallest absolute Gasteiger partial charge is 0.247 e. The maximum Gasteiger partial charge on any atom is 0.247 e. The molecule has 3 rings (SSSR count). The summed E-state index contributed by atoms with van der Waals surface area (Å²) in [6.45, 7) is 1.71. The second-order valence-corrected chi connectivity index (χ2v) is 7.20. The molecule has 124 valence electrons. The number of rotatable bonds is 6. The number of nitrogens with zero attached hydrogens (tertiary/aromatic N) is 2. The molecule has 0 aliphatic heterocycles. The van der Waals surface area contributed by atoms with Crippen LogP contribution in [0.1, 0.15) is 11.5 Å². The first kappa shape index (κ1) is 16.2. The van der Waals surface area contributed by atoms with E-state index in [1.165, 1.54) is 0 Å². The van der Waals surface area contributed by atoms with E-state index in [9.17, 15) is 8.42 Å². The Bertz CT molecular complexity index is 904. The summed E-state index contributed by atoms with van der Waals surface area (Å²) in [4.78, 5) is 0. The van der Waals surface area contributed by atoms with Crippen molar-refractivity contribution in [1.82, 2.24) is 10.2 Å². The Morgan fingerprint density at radius 3 is 2.33 bits per heavy atom. The highest BCUT2D eigenvalue weighted by molar-refractivity contribution is 7.92. The maximum absolute atomic E-state index is 12.2. The van der Waals surface area contributed by atoms with Gasteiger partial charge >= 0.3 is 0 Å². The lowest BCUT2D eigenvalue weighted by Crippen LogP contribution is -2.18. The van der Waals surface area contributed by atoms with E-state index in [0.29, 0.717) is 23.9 Å². The zero-order valence-electron chi connectivity index (χ0n) is 13.1. The van der Waals surface area contributed by atoms with E-state index in [1.54, 1.807) is 31.2 Å². The number of aryl methyl sites for hydroxylation is 2. The molecule has 0 amide bonds. The molecule has 0 atom stereocenters. The van der Waals surface area contributed by atoms with Crippen LogP contribution < -0.4 is 4.72 Å². The summed E-state index contributed by atoms with van der Waals surface area (Å²) >= 11 is 0. The minimum atomic E-state index is -3.41. The molecule has 0 unspecified atom stereocenters. The van der Waals surface area contributed by atoms with Crippen LogP contribution in [0.3, 0.4) is 0 Å². The van der Waals surface area contributed by atoms with E-state index < -0.39 is 10.0 Å². The molecule has 0 radical (unpaired) electrons. The summed E-state index contributed by atoms with van der Waals surface area (Å²) in [7, 11) is -3.41. The molecule has 0 saturated heterocycles. The van der Waals surface area contributed by atoms with Crippen LogP contribution in [-0.2, 0) is 16.4 Å². The molecule has 6 nitrogen and oxygen atoms in total. The van der Waals surface area contributed by atoms with Gasteiger partial charge in [0.1, 0.15) is 0 Å². The van der Waals surface area contributed by atoms with Crippen LogP contribution in [0, 0.1) is 6.92 Å². The Morgan fingerprint density at radius 2 is 1.71 bits per heavy atom. The number of hydrogen-bond acceptors (Lipinski definition) is 5. The fourth-order valence-electron chi connectivity index (χ4n) is 2.22. The van der Waals surface area contributed by atoms with Crippen LogP contribution in [0.15, 0.2) is 59.0 Å². The van der Waals surface area contributed by atoms with Gasteiger partial charge in [-0.3, -0.25) is 4.72 Å². The molecule has 3 aromatic rings. The molecule has 0 saturated carbocycles. The predicted octanol–water partition coefficient (Wildman–Crippen LogP) is 3.03. The average Bonchev–Trinajstić information content (AvgIpc) is 3.01. The number of nitrogens with one attached hydrogen (secondary N) is 1. The average molecular weight is 343 g/mol. The van der Waals surface area contributed by atoms with Gasteiger partial charge < -0.3 is 4.42 Å². The fraction of sp³-hybridized carbons (Fsp3) is 0.176. The molecule has 1 aromatic heterocycles. The second kappa shape index (κ2) is 6.84. The molecule has 0 aliphatic carbocycles. The van der Waals surface area contributed by atoms with Gasteiger partial charge in [0.15, 0.2) is 0 Å². The van der Waals surface area contributed by atoms with Crippen molar-refractivity contribution in [1.29, 1.82) is 0 Å². The first-order valence-electron chi connectivity index (χ1n) is 7.47. The van der Waals surface area contributed by atoms with E-state index in [-0.39, 0.29) is 5.75 Å². The molecule has 1 N–H and O–H groups in total. The standard InChI is InChI=1S/C17H17N3O3S/c1-13-18-19-17(23-13)15-7-9-16(10-8-15)20-24(21,22)12-11-14-5-3-2-4-6-14/h2-10,20H,11-12H2,1H3. The molecular formula is C17H17N3O3S. The minimum absolute atomic E-state index is 0.0294. The van der Waals surface area contributed by atoms with Gasteiger partial charge in [-0.05, 0) is 36.2 Å². The van der Waals surface area contributed by atoms with Crippen LogP contribution in [0.5, 0.6) is 0 Å². The number of sulfonamides is 1. The van der Waals surface area contributed by atoms with Gasteiger partial charge in [-0.1, -0.05) is 30.3 Å². The Balaban J connectivity index is 1.64. The number of benzene rings is 2. The summed E-state index contributed by atoms with van der Waals surface area (Å²) in [5.74, 6) is 0.920. The normalized spacial score (nSPS) is 11.4. The van der Waals surface area contributed by atoms with Crippen molar-refractivity contribution in [3.8, 4) is 11.5 Å². The van der Waals surface area contributed by atoms with Gasteiger partial charge in [-0.2, -0.15) is 0 Å². The summed E-state index contributed by atoms with van der Waals surface area (Å²) in [5, 5.41) is 7.70. The molecule has 7 heteroatoms. The summed E-state index contributed by atoms with van der Waals surface area (Å²) in [5.41, 5.74) is 2.23. The van der Waals surface area contributed by atoms with E-state index in [4.69, 9.17) is 4.42 Å². The molecule has 0 bridgehead atoms. The van der Waals surface area contributed by atoms with Crippen molar-refractivity contribution in [2.24, 2.45) is 0 Å². The van der Waals surface area contributed by atoms with Gasteiger partial charge in [-0.25, -0.2) is 8.42 Å². The van der Waals surface area contributed by atoms with E-state index in [1.807, 2.05) is 30.3 Å². The zero-order chi connectivity index (χ0) is 17.0. The maximum atomic E-state index is 12.2. The Morgan fingerprint density at radius 1 is 1.00 bits per heavy atom. The van der Waals surface area contributed by atoms with Gasteiger partial charge in [0, 0.05) is 18.2 Å². The van der Waals surface area contributed by atoms with Gasteiger partial charge in [-0.15, -0.1) is 10.2 Å². The third-order valence-electron chi connectivity index (χ3n) is 3.43. The van der Waals surface area contributed by atoms with Crippen LogP contribution in [0.4, 0.5) is 5.69 Å². The molecule has 0 aliphatic rings. The SMILES string of the molecule is Cc1nnc(-c2ccc(NS(=O)(=O)CCc3ccccc3)cc2)o1. The highest BCUT2D eigenvalue weighted by Crippen LogP contribution is 2.20. The van der Waals surface area contributed by atoms with Crippen LogP contribution in [0.2, 0.25) is 0 Å². The number of hydrogen-bond donors (Lipinski definition) is 1. The lowest BCUT2D eigenvalue weighted by atomic mass is 10.2. The second-order valence-electron chi connectivity index (χ2n) is 5.36. The van der Waals surface area contributed by atoms with Gasteiger partial charge in [0.05, 0.1) is 5.75 Å². The third kappa shape index (κ3) is 4.20. The molecule has 0 spiro atoms. The van der Waals surface area contributed by atoms with Crippen LogP contribution >= 0.6 is 0 Å². The predicted molar refractivity (Wildman–Crippen MR) is 92.0 cm³/mol. The molecule has 2 aromatic carbocycles. The van der Waals surface area contributed by atoms with Crippen molar-refractivity contribution in [3.05, 3.63) is 66.1 Å². The summed E-state index contributed by atoms with van der Waals surface area (Å²) in [6, 6.07) is 16.4.